The van der Waals surface area contributed by atoms with Crippen molar-refractivity contribution in [1.29, 1.82) is 0 Å². The van der Waals surface area contributed by atoms with E-state index in [1.165, 1.54) is 0 Å². The third-order valence-corrected chi connectivity index (χ3v) is 4.31. The summed E-state index contributed by atoms with van der Waals surface area (Å²) in [6.07, 6.45) is -0.00301. The van der Waals surface area contributed by atoms with E-state index >= 15 is 0 Å². The van der Waals surface area contributed by atoms with Crippen molar-refractivity contribution in [2.24, 2.45) is 0 Å². The molecule has 0 atom stereocenters. The number of rotatable bonds is 3. The molecule has 0 unspecified atom stereocenters. The smallest absolute Gasteiger partial charge is 0.273 e. The molecule has 0 radical (unpaired) electrons. The number of amides is 2. The highest BCUT2D eigenvalue weighted by Crippen LogP contribution is 2.22. The Bertz CT molecular complexity index is 1070. The van der Waals surface area contributed by atoms with E-state index < -0.39 is 17.4 Å². The van der Waals surface area contributed by atoms with Crippen molar-refractivity contribution in [1.82, 2.24) is 21.0 Å². The number of hydrogen-bond donors (Lipinski definition) is 3. The van der Waals surface area contributed by atoms with E-state index in [-0.39, 0.29) is 12.1 Å². The standard InChI is InChI=1S/C17H12Cl2N4O3/c18-12-6-5-9(7-13(12)19)8-14(24)20-23-17(26)15-10-3-1-2-4-11(10)16(25)22-21-15/h1-7H,8H2,(H,20,24)(H,22,25)(H,23,26). The molecule has 2 aromatic carbocycles. The van der Waals surface area contributed by atoms with Crippen LogP contribution in [0.2, 0.25) is 10.0 Å². The first kappa shape index (κ1) is 17.9. The number of H-pyrrole nitrogens is 1. The fourth-order valence-corrected chi connectivity index (χ4v) is 2.67. The van der Waals surface area contributed by atoms with Crippen LogP contribution in [0.15, 0.2) is 47.3 Å². The molecule has 3 aromatic rings. The molecule has 0 saturated heterocycles. The van der Waals surface area contributed by atoms with E-state index in [9.17, 15) is 14.4 Å². The molecule has 3 rings (SSSR count). The van der Waals surface area contributed by atoms with Gasteiger partial charge in [-0.3, -0.25) is 25.2 Å². The second-order valence-electron chi connectivity index (χ2n) is 5.37. The Morgan fingerprint density at radius 2 is 1.73 bits per heavy atom. The van der Waals surface area contributed by atoms with Crippen LogP contribution in [0.1, 0.15) is 16.1 Å². The van der Waals surface area contributed by atoms with Crippen molar-refractivity contribution in [2.75, 3.05) is 0 Å². The summed E-state index contributed by atoms with van der Waals surface area (Å²) in [5.74, 6) is -1.11. The topological polar surface area (TPSA) is 104 Å². The summed E-state index contributed by atoms with van der Waals surface area (Å²) >= 11 is 11.7. The van der Waals surface area contributed by atoms with Crippen molar-refractivity contribution >= 4 is 45.8 Å². The molecule has 0 aliphatic heterocycles. The van der Waals surface area contributed by atoms with Crippen molar-refractivity contribution < 1.29 is 9.59 Å². The van der Waals surface area contributed by atoms with Crippen LogP contribution in [0.5, 0.6) is 0 Å². The number of carbonyl (C=O) groups is 2. The minimum absolute atomic E-state index is 0.00301. The van der Waals surface area contributed by atoms with Gasteiger partial charge in [-0.1, -0.05) is 47.5 Å². The molecule has 26 heavy (non-hydrogen) atoms. The van der Waals surface area contributed by atoms with E-state index in [2.05, 4.69) is 21.0 Å². The minimum atomic E-state index is -0.653. The molecule has 0 saturated carbocycles. The van der Waals surface area contributed by atoms with Gasteiger partial charge in [0.25, 0.3) is 11.5 Å². The van der Waals surface area contributed by atoms with Gasteiger partial charge in [0, 0.05) is 5.39 Å². The molecule has 3 N–H and O–H groups in total. The summed E-state index contributed by atoms with van der Waals surface area (Å²) in [6, 6.07) is 11.4. The molecular weight excluding hydrogens is 379 g/mol. The fourth-order valence-electron chi connectivity index (χ4n) is 2.35. The summed E-state index contributed by atoms with van der Waals surface area (Å²) in [5, 5.41) is 7.45. The first-order valence-corrected chi connectivity index (χ1v) is 8.22. The molecule has 1 aromatic heterocycles. The van der Waals surface area contributed by atoms with Crippen LogP contribution < -0.4 is 16.4 Å². The molecule has 9 heteroatoms. The maximum atomic E-state index is 12.3. The van der Waals surface area contributed by atoms with Crippen LogP contribution in [0.25, 0.3) is 10.8 Å². The Balaban J connectivity index is 1.69. The van der Waals surface area contributed by atoms with Gasteiger partial charge in [0.15, 0.2) is 5.69 Å². The largest absolute Gasteiger partial charge is 0.290 e. The van der Waals surface area contributed by atoms with Gasteiger partial charge in [-0.05, 0) is 23.8 Å². The highest BCUT2D eigenvalue weighted by atomic mass is 35.5. The van der Waals surface area contributed by atoms with Crippen LogP contribution in [0.3, 0.4) is 0 Å². The van der Waals surface area contributed by atoms with Crippen molar-refractivity contribution in [3.63, 3.8) is 0 Å². The normalized spacial score (nSPS) is 10.5. The van der Waals surface area contributed by atoms with Gasteiger partial charge in [0.05, 0.1) is 21.9 Å². The Hall–Kier alpha value is -2.90. The predicted octanol–water partition coefficient (Wildman–Crippen LogP) is 2.23. The van der Waals surface area contributed by atoms with E-state index in [0.29, 0.717) is 26.4 Å². The first-order valence-electron chi connectivity index (χ1n) is 7.46. The number of nitrogens with zero attached hydrogens (tertiary/aromatic N) is 1. The minimum Gasteiger partial charge on any atom is -0.273 e. The maximum absolute atomic E-state index is 12.3. The molecule has 2 amide bonds. The molecule has 132 valence electrons. The molecule has 1 heterocycles. The molecule has 0 aliphatic carbocycles. The number of aromatic amines is 1. The third-order valence-electron chi connectivity index (χ3n) is 3.58. The Kier molecular flexibility index (Phi) is 5.20. The number of halogens is 2. The van der Waals surface area contributed by atoms with Gasteiger partial charge in [-0.25, -0.2) is 5.10 Å². The molecule has 0 bridgehead atoms. The molecule has 7 nitrogen and oxygen atoms in total. The molecule has 0 spiro atoms. The zero-order valence-corrected chi connectivity index (χ0v) is 14.7. The Morgan fingerprint density at radius 1 is 1.00 bits per heavy atom. The van der Waals surface area contributed by atoms with Crippen LogP contribution in [-0.4, -0.2) is 22.0 Å². The summed E-state index contributed by atoms with van der Waals surface area (Å²) in [7, 11) is 0. The summed E-state index contributed by atoms with van der Waals surface area (Å²) in [6.45, 7) is 0. The van der Waals surface area contributed by atoms with Crippen molar-refractivity contribution in [3.05, 3.63) is 74.1 Å². The summed E-state index contributed by atoms with van der Waals surface area (Å²) in [4.78, 5) is 36.0. The van der Waals surface area contributed by atoms with Gasteiger partial charge >= 0.3 is 0 Å². The highest BCUT2D eigenvalue weighted by molar-refractivity contribution is 6.42. The average Bonchev–Trinajstić information content (AvgIpc) is 2.63. The lowest BCUT2D eigenvalue weighted by Crippen LogP contribution is -2.43. The number of aromatic nitrogens is 2. The lowest BCUT2D eigenvalue weighted by Gasteiger charge is -2.09. The number of carbonyl (C=O) groups excluding carboxylic acids is 2. The number of nitrogens with one attached hydrogen (secondary N) is 3. The zero-order valence-electron chi connectivity index (χ0n) is 13.2. The zero-order chi connectivity index (χ0) is 18.7. The van der Waals surface area contributed by atoms with Crippen molar-refractivity contribution in [2.45, 2.75) is 6.42 Å². The molecular formula is C17H12Cl2N4O3. The van der Waals surface area contributed by atoms with Crippen LogP contribution in [0, 0.1) is 0 Å². The fraction of sp³-hybridized carbons (Fsp3) is 0.0588. The maximum Gasteiger partial charge on any atom is 0.290 e. The molecule has 0 fully saturated rings. The number of hydrazine groups is 1. The van der Waals surface area contributed by atoms with Gasteiger partial charge < -0.3 is 0 Å². The number of hydrogen-bond acceptors (Lipinski definition) is 4. The van der Waals surface area contributed by atoms with E-state index in [0.717, 1.165) is 0 Å². The molecule has 0 aliphatic rings. The monoisotopic (exact) mass is 390 g/mol. The number of fused-ring (bicyclic) bond motifs is 1. The van der Waals surface area contributed by atoms with Crippen LogP contribution >= 0.6 is 23.2 Å². The van der Waals surface area contributed by atoms with E-state index in [1.54, 1.807) is 42.5 Å². The first-order chi connectivity index (χ1) is 12.5. The lowest BCUT2D eigenvalue weighted by molar-refractivity contribution is -0.121. The second kappa shape index (κ2) is 7.55. The lowest BCUT2D eigenvalue weighted by atomic mass is 10.1. The second-order valence-corrected chi connectivity index (χ2v) is 6.19. The van der Waals surface area contributed by atoms with Gasteiger partial charge in [0.2, 0.25) is 5.91 Å². The summed E-state index contributed by atoms with van der Waals surface area (Å²) < 4.78 is 0. The SMILES string of the molecule is O=C(Cc1ccc(Cl)c(Cl)c1)NNC(=O)c1n[nH]c(=O)c2ccccc12. The van der Waals surface area contributed by atoms with Gasteiger partial charge in [0.1, 0.15) is 0 Å². The van der Waals surface area contributed by atoms with Gasteiger partial charge in [-0.15, -0.1) is 0 Å². The Morgan fingerprint density at radius 3 is 2.46 bits per heavy atom. The van der Waals surface area contributed by atoms with E-state index in [1.807, 2.05) is 0 Å². The third kappa shape index (κ3) is 3.84. The van der Waals surface area contributed by atoms with Gasteiger partial charge in [-0.2, -0.15) is 5.10 Å². The quantitative estimate of drug-likeness (QED) is 0.596. The highest BCUT2D eigenvalue weighted by Gasteiger charge is 2.15. The van der Waals surface area contributed by atoms with E-state index in [4.69, 9.17) is 23.2 Å². The Labute approximate surface area is 157 Å². The summed E-state index contributed by atoms with van der Waals surface area (Å²) in [5.41, 5.74) is 4.80. The predicted molar refractivity (Wildman–Crippen MR) is 98.1 cm³/mol. The van der Waals surface area contributed by atoms with Crippen molar-refractivity contribution in [3.8, 4) is 0 Å². The average molecular weight is 391 g/mol. The van der Waals surface area contributed by atoms with Crippen LogP contribution in [-0.2, 0) is 11.2 Å². The number of benzene rings is 2. The van der Waals surface area contributed by atoms with Crippen LogP contribution in [0.4, 0.5) is 0 Å².